The molecule has 0 aliphatic heterocycles. The topological polar surface area (TPSA) is 105 Å². The molecule has 0 fully saturated rings. The van der Waals surface area contributed by atoms with E-state index in [1.165, 1.54) is 0 Å². The largest absolute Gasteiger partial charge is 0.460 e. The fourth-order valence-corrected chi connectivity index (χ4v) is 2.29. The van der Waals surface area contributed by atoms with Gasteiger partial charge in [-0.3, -0.25) is 4.79 Å². The predicted molar refractivity (Wildman–Crippen MR) is 101 cm³/mol. The van der Waals surface area contributed by atoms with E-state index in [-0.39, 0.29) is 19.4 Å². The fraction of sp³-hybridized carbons (Fsp3) is 0.600. The molecule has 27 heavy (non-hydrogen) atoms. The van der Waals surface area contributed by atoms with Gasteiger partial charge in [0.15, 0.2) is 6.10 Å². The van der Waals surface area contributed by atoms with Gasteiger partial charge in [-0.2, -0.15) is 0 Å². The van der Waals surface area contributed by atoms with Crippen LogP contribution in [0.3, 0.4) is 0 Å². The Kier molecular flexibility index (Phi) is 9.41. The Labute approximate surface area is 160 Å². The van der Waals surface area contributed by atoms with Crippen molar-refractivity contribution < 1.29 is 29.3 Å². The van der Waals surface area contributed by atoms with Crippen LogP contribution < -0.4 is 5.32 Å². The summed E-state index contributed by atoms with van der Waals surface area (Å²) in [4.78, 5) is 23.6. The van der Waals surface area contributed by atoms with Gasteiger partial charge in [0, 0.05) is 6.04 Å². The Bertz CT molecular complexity index is 584. The zero-order chi connectivity index (χ0) is 20.4. The maximum Gasteiger partial charge on any atom is 0.336 e. The van der Waals surface area contributed by atoms with Crippen molar-refractivity contribution in [1.29, 1.82) is 0 Å². The highest BCUT2D eigenvalue weighted by atomic mass is 16.6. The molecule has 0 spiro atoms. The van der Waals surface area contributed by atoms with Crippen molar-refractivity contribution >= 4 is 11.9 Å². The van der Waals surface area contributed by atoms with Gasteiger partial charge in [-0.05, 0) is 46.2 Å². The van der Waals surface area contributed by atoms with Crippen LogP contribution in [-0.2, 0) is 25.7 Å². The molecule has 3 N–H and O–H groups in total. The summed E-state index contributed by atoms with van der Waals surface area (Å²) in [5, 5.41) is 22.9. The highest BCUT2D eigenvalue weighted by Crippen LogP contribution is 2.10. The maximum absolute atomic E-state index is 11.9. The number of nitrogens with one attached hydrogen (secondary N) is 1. The number of hydrogen-bond donors (Lipinski definition) is 3. The molecule has 0 radical (unpaired) electrons. The van der Waals surface area contributed by atoms with Gasteiger partial charge in [-0.25, -0.2) is 4.79 Å². The zero-order valence-electron chi connectivity index (χ0n) is 16.5. The van der Waals surface area contributed by atoms with Crippen LogP contribution in [0.2, 0.25) is 0 Å². The number of rotatable bonds is 10. The molecule has 7 nitrogen and oxygen atoms in total. The lowest BCUT2D eigenvalue weighted by Crippen LogP contribution is -2.43. The molecule has 0 unspecified atom stereocenters. The number of carbonyl (C=O) groups excluding carboxylic acids is 2. The van der Waals surface area contributed by atoms with Gasteiger partial charge in [0.2, 0.25) is 0 Å². The van der Waals surface area contributed by atoms with Crippen molar-refractivity contribution in [2.45, 2.75) is 71.0 Å². The van der Waals surface area contributed by atoms with Gasteiger partial charge in [0.05, 0.1) is 12.5 Å². The van der Waals surface area contributed by atoms with E-state index < -0.39 is 35.8 Å². The van der Waals surface area contributed by atoms with Crippen LogP contribution in [0.4, 0.5) is 0 Å². The van der Waals surface area contributed by atoms with Gasteiger partial charge >= 0.3 is 11.9 Å². The van der Waals surface area contributed by atoms with Gasteiger partial charge in [0.1, 0.15) is 12.2 Å². The highest BCUT2D eigenvalue weighted by Gasteiger charge is 2.24. The second kappa shape index (κ2) is 11.0. The van der Waals surface area contributed by atoms with Crippen molar-refractivity contribution in [3.8, 4) is 0 Å². The van der Waals surface area contributed by atoms with Crippen LogP contribution in [0.5, 0.6) is 0 Å². The highest BCUT2D eigenvalue weighted by molar-refractivity contribution is 5.75. The first-order chi connectivity index (χ1) is 12.6. The summed E-state index contributed by atoms with van der Waals surface area (Å²) in [5.74, 6) is -1.18. The second-order valence-corrected chi connectivity index (χ2v) is 7.51. The lowest BCUT2D eigenvalue weighted by molar-refractivity contribution is -0.157. The molecule has 0 bridgehead atoms. The minimum Gasteiger partial charge on any atom is -0.460 e. The molecule has 0 heterocycles. The van der Waals surface area contributed by atoms with Crippen molar-refractivity contribution in [3.05, 3.63) is 35.9 Å². The molecule has 0 saturated heterocycles. The van der Waals surface area contributed by atoms with E-state index in [1.54, 1.807) is 27.7 Å². The zero-order valence-corrected chi connectivity index (χ0v) is 16.5. The summed E-state index contributed by atoms with van der Waals surface area (Å²) in [6.07, 6.45) is -2.00. The van der Waals surface area contributed by atoms with Crippen LogP contribution in [-0.4, -0.2) is 52.5 Å². The van der Waals surface area contributed by atoms with Gasteiger partial charge in [-0.15, -0.1) is 0 Å². The molecule has 1 aromatic rings. The van der Waals surface area contributed by atoms with Crippen LogP contribution in [0.25, 0.3) is 0 Å². The van der Waals surface area contributed by atoms with Crippen molar-refractivity contribution in [2.24, 2.45) is 0 Å². The quantitative estimate of drug-likeness (QED) is 0.528. The Morgan fingerprint density at radius 1 is 1.15 bits per heavy atom. The standard InChI is InChI=1S/C20H31NO6/c1-14(18(24)19(25)26-13-15-8-6-5-7-9-15)21-11-10-16(22)12-17(23)27-20(2,3)4/h5-9,14,16,18,21-22,24H,10-13H2,1-4H3/t14-,16-,18-/m0/s1. The average Bonchev–Trinajstić information content (AvgIpc) is 2.57. The molecule has 0 amide bonds. The third-order valence-corrected chi connectivity index (χ3v) is 3.71. The van der Waals surface area contributed by atoms with Gasteiger partial charge < -0.3 is 25.0 Å². The predicted octanol–water partition coefficient (Wildman–Crippen LogP) is 1.55. The van der Waals surface area contributed by atoms with Crippen molar-refractivity contribution in [3.63, 3.8) is 0 Å². The van der Waals surface area contributed by atoms with E-state index in [4.69, 9.17) is 9.47 Å². The molecule has 0 aromatic heterocycles. The third-order valence-electron chi connectivity index (χ3n) is 3.71. The molecule has 3 atom stereocenters. The summed E-state index contributed by atoms with van der Waals surface area (Å²) < 4.78 is 10.2. The summed E-state index contributed by atoms with van der Waals surface area (Å²) in [7, 11) is 0. The number of ether oxygens (including phenoxy) is 2. The molecule has 1 aromatic carbocycles. The fourth-order valence-electron chi connectivity index (χ4n) is 2.29. The van der Waals surface area contributed by atoms with Crippen molar-refractivity contribution in [1.82, 2.24) is 5.32 Å². The molecule has 7 heteroatoms. The number of esters is 2. The lowest BCUT2D eigenvalue weighted by atomic mass is 10.1. The molecule has 152 valence electrons. The molecule has 0 aliphatic rings. The smallest absolute Gasteiger partial charge is 0.336 e. The first-order valence-electron chi connectivity index (χ1n) is 9.10. The van der Waals surface area contributed by atoms with Crippen LogP contribution in [0.15, 0.2) is 30.3 Å². The number of aliphatic hydroxyl groups excluding tert-OH is 2. The van der Waals surface area contributed by atoms with E-state index in [1.807, 2.05) is 30.3 Å². The summed E-state index contributed by atoms with van der Waals surface area (Å²) in [5.41, 5.74) is 0.247. The first kappa shape index (κ1) is 23.1. The Balaban J connectivity index is 2.27. The number of aliphatic hydroxyl groups is 2. The van der Waals surface area contributed by atoms with Crippen LogP contribution in [0.1, 0.15) is 46.1 Å². The number of hydrogen-bond acceptors (Lipinski definition) is 7. The second-order valence-electron chi connectivity index (χ2n) is 7.51. The first-order valence-corrected chi connectivity index (χ1v) is 9.10. The Hall–Kier alpha value is -1.96. The van der Waals surface area contributed by atoms with Crippen LogP contribution >= 0.6 is 0 Å². The molecule has 0 aliphatic carbocycles. The number of carbonyl (C=O) groups is 2. The van der Waals surface area contributed by atoms with Gasteiger partial charge in [-0.1, -0.05) is 30.3 Å². The SMILES string of the molecule is C[C@H](NCC[C@H](O)CC(=O)OC(C)(C)C)[C@H](O)C(=O)OCc1ccccc1. The molecular weight excluding hydrogens is 350 g/mol. The Morgan fingerprint density at radius 2 is 1.78 bits per heavy atom. The van der Waals surface area contributed by atoms with Crippen LogP contribution in [0, 0.1) is 0 Å². The number of benzene rings is 1. The third kappa shape index (κ3) is 10.1. The summed E-state index contributed by atoms with van der Waals surface area (Å²) >= 11 is 0. The maximum atomic E-state index is 11.9. The Morgan fingerprint density at radius 3 is 2.37 bits per heavy atom. The van der Waals surface area contributed by atoms with Gasteiger partial charge in [0.25, 0.3) is 0 Å². The molecule has 1 rings (SSSR count). The normalized spacial score (nSPS) is 14.9. The minimum atomic E-state index is -1.32. The van der Waals surface area contributed by atoms with Crippen molar-refractivity contribution in [2.75, 3.05) is 6.54 Å². The average molecular weight is 381 g/mol. The van der Waals surface area contributed by atoms with E-state index in [0.717, 1.165) is 5.56 Å². The molecular formula is C20H31NO6. The van der Waals surface area contributed by atoms with E-state index in [9.17, 15) is 19.8 Å². The van der Waals surface area contributed by atoms with E-state index in [2.05, 4.69) is 5.32 Å². The molecule has 0 saturated carbocycles. The summed E-state index contributed by atoms with van der Waals surface area (Å²) in [6.45, 7) is 7.36. The van der Waals surface area contributed by atoms with E-state index in [0.29, 0.717) is 6.54 Å². The van der Waals surface area contributed by atoms with E-state index >= 15 is 0 Å². The summed E-state index contributed by atoms with van der Waals surface area (Å²) in [6, 6.07) is 8.64. The minimum absolute atomic E-state index is 0.0953. The lowest BCUT2D eigenvalue weighted by Gasteiger charge is -2.22. The monoisotopic (exact) mass is 381 g/mol.